The van der Waals surface area contributed by atoms with Crippen molar-refractivity contribution in [3.63, 3.8) is 0 Å². The van der Waals surface area contributed by atoms with E-state index >= 15 is 0 Å². The molecule has 2 aliphatic rings. The first-order valence-electron chi connectivity index (χ1n) is 7.93. The molecule has 0 amide bonds. The molecule has 2 nitrogen and oxygen atoms in total. The molecule has 0 aromatic rings. The molecule has 2 saturated carbocycles. The molecule has 0 bridgehead atoms. The highest BCUT2D eigenvalue weighted by molar-refractivity contribution is 5.11. The number of aliphatic hydroxyl groups is 2. The van der Waals surface area contributed by atoms with Gasteiger partial charge in [0.15, 0.2) is 0 Å². The maximum Gasteiger partial charge on any atom is 0.0571 e. The van der Waals surface area contributed by atoms with Gasteiger partial charge in [0, 0.05) is 6.61 Å². The van der Waals surface area contributed by atoms with Crippen LogP contribution in [0.1, 0.15) is 47.0 Å². The van der Waals surface area contributed by atoms with Gasteiger partial charge in [0.2, 0.25) is 0 Å². The fraction of sp³-hybridized carbons (Fsp3) is 0.882. The first-order chi connectivity index (χ1) is 9.01. The topological polar surface area (TPSA) is 40.5 Å². The Morgan fingerprint density at radius 1 is 1.21 bits per heavy atom. The number of rotatable bonds is 2. The maximum atomic E-state index is 10.3. The van der Waals surface area contributed by atoms with E-state index in [4.69, 9.17) is 0 Å². The third-order valence-corrected chi connectivity index (χ3v) is 5.97. The van der Waals surface area contributed by atoms with Crippen molar-refractivity contribution in [2.24, 2.45) is 35.5 Å². The van der Waals surface area contributed by atoms with E-state index in [1.165, 1.54) is 5.57 Å². The van der Waals surface area contributed by atoms with Crippen LogP contribution in [0.15, 0.2) is 11.6 Å². The van der Waals surface area contributed by atoms with Crippen LogP contribution in [-0.2, 0) is 0 Å². The number of fused-ring (bicyclic) bond motifs is 1. The SMILES string of the molecule is C/C=C(\C)[C@H]1[C@@H](CO)[C@H]2C(C[C@@H]1C)[C@@H](O)CC[C@@H]2C. The molecule has 0 aliphatic heterocycles. The van der Waals surface area contributed by atoms with E-state index in [1.54, 1.807) is 0 Å². The molecule has 19 heavy (non-hydrogen) atoms. The van der Waals surface area contributed by atoms with E-state index in [-0.39, 0.29) is 12.7 Å². The van der Waals surface area contributed by atoms with Gasteiger partial charge >= 0.3 is 0 Å². The van der Waals surface area contributed by atoms with Crippen LogP contribution in [0.4, 0.5) is 0 Å². The average Bonchev–Trinajstić information content (AvgIpc) is 2.40. The maximum absolute atomic E-state index is 10.3. The summed E-state index contributed by atoms with van der Waals surface area (Å²) in [6, 6.07) is 0. The van der Waals surface area contributed by atoms with Crippen LogP contribution in [0.2, 0.25) is 0 Å². The molecule has 0 radical (unpaired) electrons. The predicted octanol–water partition coefficient (Wildman–Crippen LogP) is 3.24. The molecule has 2 rings (SSSR count). The Kier molecular flexibility index (Phi) is 4.73. The zero-order valence-electron chi connectivity index (χ0n) is 12.8. The summed E-state index contributed by atoms with van der Waals surface area (Å²) in [7, 11) is 0. The Bertz CT molecular complexity index is 336. The predicted molar refractivity (Wildman–Crippen MR) is 78.7 cm³/mol. The molecule has 2 fully saturated rings. The summed E-state index contributed by atoms with van der Waals surface area (Å²) in [5.41, 5.74) is 1.41. The van der Waals surface area contributed by atoms with Gasteiger partial charge in [-0.15, -0.1) is 0 Å². The van der Waals surface area contributed by atoms with Gasteiger partial charge in [-0.3, -0.25) is 0 Å². The molecular weight excluding hydrogens is 236 g/mol. The van der Waals surface area contributed by atoms with Crippen molar-refractivity contribution in [1.82, 2.24) is 0 Å². The third kappa shape index (κ3) is 2.62. The van der Waals surface area contributed by atoms with Gasteiger partial charge in [0.1, 0.15) is 0 Å². The summed E-state index contributed by atoms with van der Waals surface area (Å²) < 4.78 is 0. The molecule has 0 saturated heterocycles. The van der Waals surface area contributed by atoms with Crippen molar-refractivity contribution in [3.8, 4) is 0 Å². The molecule has 0 aromatic heterocycles. The van der Waals surface area contributed by atoms with E-state index in [0.29, 0.717) is 35.5 Å². The summed E-state index contributed by atoms with van der Waals surface area (Å²) in [5.74, 6) is 2.90. The summed E-state index contributed by atoms with van der Waals surface area (Å²) in [5, 5.41) is 20.3. The number of hydrogen-bond donors (Lipinski definition) is 2. The lowest BCUT2D eigenvalue weighted by molar-refractivity contribution is -0.0864. The van der Waals surface area contributed by atoms with Crippen LogP contribution in [0.3, 0.4) is 0 Å². The van der Waals surface area contributed by atoms with Crippen molar-refractivity contribution in [1.29, 1.82) is 0 Å². The van der Waals surface area contributed by atoms with Gasteiger partial charge in [0.25, 0.3) is 0 Å². The smallest absolute Gasteiger partial charge is 0.0571 e. The first kappa shape index (κ1) is 15.1. The fourth-order valence-electron chi connectivity index (χ4n) is 5.02. The monoisotopic (exact) mass is 266 g/mol. The lowest BCUT2D eigenvalue weighted by Crippen LogP contribution is -2.50. The second-order valence-electron chi connectivity index (χ2n) is 6.98. The minimum absolute atomic E-state index is 0.149. The molecule has 0 heterocycles. The molecule has 1 unspecified atom stereocenters. The van der Waals surface area contributed by atoms with Crippen LogP contribution in [0, 0.1) is 35.5 Å². The van der Waals surface area contributed by atoms with Gasteiger partial charge in [0.05, 0.1) is 6.10 Å². The van der Waals surface area contributed by atoms with Crippen molar-refractivity contribution >= 4 is 0 Å². The fourth-order valence-corrected chi connectivity index (χ4v) is 5.02. The van der Waals surface area contributed by atoms with Crippen LogP contribution >= 0.6 is 0 Å². The minimum Gasteiger partial charge on any atom is -0.396 e. The van der Waals surface area contributed by atoms with Gasteiger partial charge in [-0.2, -0.15) is 0 Å². The third-order valence-electron chi connectivity index (χ3n) is 5.97. The molecule has 0 spiro atoms. The van der Waals surface area contributed by atoms with Crippen LogP contribution < -0.4 is 0 Å². The number of allylic oxidation sites excluding steroid dienone is 2. The minimum atomic E-state index is -0.149. The van der Waals surface area contributed by atoms with Crippen molar-refractivity contribution < 1.29 is 10.2 Å². The van der Waals surface area contributed by atoms with E-state index in [2.05, 4.69) is 33.8 Å². The van der Waals surface area contributed by atoms with Crippen LogP contribution in [0.25, 0.3) is 0 Å². The normalized spacial score (nSPS) is 47.9. The highest BCUT2D eigenvalue weighted by Crippen LogP contribution is 2.52. The van der Waals surface area contributed by atoms with Gasteiger partial charge in [-0.25, -0.2) is 0 Å². The van der Waals surface area contributed by atoms with Crippen molar-refractivity contribution in [2.45, 2.75) is 53.1 Å². The van der Waals surface area contributed by atoms with Crippen LogP contribution in [-0.4, -0.2) is 22.9 Å². The van der Waals surface area contributed by atoms with E-state index in [0.717, 1.165) is 19.3 Å². The molecule has 2 aliphatic carbocycles. The summed E-state index contributed by atoms with van der Waals surface area (Å²) in [4.78, 5) is 0. The summed E-state index contributed by atoms with van der Waals surface area (Å²) in [6.07, 6.45) is 5.22. The highest BCUT2D eigenvalue weighted by atomic mass is 16.3. The Balaban J connectivity index is 2.32. The second kappa shape index (κ2) is 5.97. The lowest BCUT2D eigenvalue weighted by Gasteiger charge is -2.52. The number of hydrogen-bond acceptors (Lipinski definition) is 2. The van der Waals surface area contributed by atoms with E-state index < -0.39 is 0 Å². The zero-order valence-corrected chi connectivity index (χ0v) is 12.8. The summed E-state index contributed by atoms with van der Waals surface area (Å²) in [6.45, 7) is 9.17. The molecule has 2 N–H and O–H groups in total. The Morgan fingerprint density at radius 3 is 2.47 bits per heavy atom. The first-order valence-corrected chi connectivity index (χ1v) is 7.93. The zero-order chi connectivity index (χ0) is 14.2. The van der Waals surface area contributed by atoms with E-state index in [1.807, 2.05) is 0 Å². The Morgan fingerprint density at radius 2 is 1.89 bits per heavy atom. The van der Waals surface area contributed by atoms with Gasteiger partial charge < -0.3 is 10.2 Å². The lowest BCUT2D eigenvalue weighted by atomic mass is 9.53. The van der Waals surface area contributed by atoms with Crippen LogP contribution in [0.5, 0.6) is 0 Å². The van der Waals surface area contributed by atoms with Gasteiger partial charge in [-0.05, 0) is 68.6 Å². The van der Waals surface area contributed by atoms with Gasteiger partial charge in [-0.1, -0.05) is 25.5 Å². The van der Waals surface area contributed by atoms with Crippen molar-refractivity contribution in [2.75, 3.05) is 6.61 Å². The Hall–Kier alpha value is -0.340. The molecule has 2 heteroatoms. The molecule has 7 atom stereocenters. The molecular formula is C17H30O2. The van der Waals surface area contributed by atoms with Crippen molar-refractivity contribution in [3.05, 3.63) is 11.6 Å². The largest absolute Gasteiger partial charge is 0.396 e. The van der Waals surface area contributed by atoms with E-state index in [9.17, 15) is 10.2 Å². The highest BCUT2D eigenvalue weighted by Gasteiger charge is 2.49. The Labute approximate surface area is 117 Å². The number of aliphatic hydroxyl groups excluding tert-OH is 2. The average molecular weight is 266 g/mol. The summed E-state index contributed by atoms with van der Waals surface area (Å²) >= 11 is 0. The standard InChI is InChI=1S/C17H30O2/c1-5-10(2)16-12(4)8-13-15(19)7-6-11(3)17(13)14(16)9-18/h5,11-19H,6-9H2,1-4H3/b10-5+/t11-,12-,13?,14+,15-,16+,17+/m0/s1. The quantitative estimate of drug-likeness (QED) is 0.753. The molecule has 110 valence electrons. The second-order valence-corrected chi connectivity index (χ2v) is 6.98. The molecule has 0 aromatic carbocycles.